The Morgan fingerprint density at radius 3 is 2.65 bits per heavy atom. The van der Waals surface area contributed by atoms with Gasteiger partial charge >= 0.3 is 0 Å². The average molecular weight is 356 g/mol. The molecule has 8 nitrogen and oxygen atoms in total. The Kier molecular flexibility index (Phi) is 4.47. The smallest absolute Gasteiger partial charge is 0.260 e. The molecule has 1 fully saturated rings. The third-order valence-electron chi connectivity index (χ3n) is 4.45. The lowest BCUT2D eigenvalue weighted by Crippen LogP contribution is -2.50. The second-order valence-electron chi connectivity index (χ2n) is 6.20. The molecule has 4 rings (SSSR count). The van der Waals surface area contributed by atoms with Crippen molar-refractivity contribution in [2.24, 2.45) is 0 Å². The normalized spacial score (nSPS) is 15.9. The van der Waals surface area contributed by atoms with Gasteiger partial charge in [0.25, 0.3) is 5.91 Å². The quantitative estimate of drug-likeness (QED) is 0.816. The zero-order chi connectivity index (χ0) is 17.9. The second kappa shape index (κ2) is 7.07. The minimum atomic E-state index is -0.0303. The maximum atomic E-state index is 12.4. The van der Waals surface area contributed by atoms with E-state index in [0.29, 0.717) is 30.3 Å². The van der Waals surface area contributed by atoms with Crippen LogP contribution in [-0.4, -0.2) is 60.6 Å². The molecular weight excluding hydrogens is 336 g/mol. The van der Waals surface area contributed by atoms with Crippen LogP contribution in [-0.2, 0) is 4.79 Å². The van der Waals surface area contributed by atoms with E-state index in [9.17, 15) is 4.79 Å². The topological polar surface area (TPSA) is 77.0 Å². The van der Waals surface area contributed by atoms with Crippen molar-refractivity contribution < 1.29 is 19.0 Å². The van der Waals surface area contributed by atoms with E-state index in [1.165, 1.54) is 0 Å². The number of aryl methyl sites for hydroxylation is 1. The molecule has 0 saturated carbocycles. The van der Waals surface area contributed by atoms with E-state index in [0.717, 1.165) is 24.6 Å². The van der Waals surface area contributed by atoms with Crippen LogP contribution in [0.2, 0.25) is 0 Å². The molecule has 2 aromatic rings. The summed E-state index contributed by atoms with van der Waals surface area (Å²) in [5.41, 5.74) is 0.892. The number of piperazine rings is 1. The van der Waals surface area contributed by atoms with Crippen LogP contribution in [0.3, 0.4) is 0 Å². The summed E-state index contributed by atoms with van der Waals surface area (Å²) in [7, 11) is 0. The number of benzene rings is 1. The Hall–Kier alpha value is -3.03. The molecule has 0 radical (unpaired) electrons. The molecule has 26 heavy (non-hydrogen) atoms. The summed E-state index contributed by atoms with van der Waals surface area (Å²) >= 11 is 0. The second-order valence-corrected chi connectivity index (χ2v) is 6.20. The summed E-state index contributed by atoms with van der Waals surface area (Å²) in [5.74, 6) is 2.74. The van der Waals surface area contributed by atoms with Crippen molar-refractivity contribution in [2.75, 3.05) is 44.5 Å². The number of amides is 1. The molecule has 1 aromatic heterocycles. The van der Waals surface area contributed by atoms with E-state index in [1.54, 1.807) is 18.2 Å². The first-order valence-electron chi connectivity index (χ1n) is 8.54. The lowest BCUT2D eigenvalue weighted by molar-refractivity contribution is -0.133. The summed E-state index contributed by atoms with van der Waals surface area (Å²) in [6.07, 6.45) is 0. The molecule has 1 saturated heterocycles. The van der Waals surface area contributed by atoms with Gasteiger partial charge in [-0.1, -0.05) is 0 Å². The molecule has 8 heteroatoms. The van der Waals surface area contributed by atoms with Gasteiger partial charge in [-0.15, -0.1) is 5.10 Å². The third kappa shape index (κ3) is 3.49. The van der Waals surface area contributed by atoms with Crippen LogP contribution in [0.1, 0.15) is 5.69 Å². The molecule has 0 unspecified atom stereocenters. The summed E-state index contributed by atoms with van der Waals surface area (Å²) in [4.78, 5) is 16.3. The number of nitrogens with zero attached hydrogens (tertiary/aromatic N) is 4. The van der Waals surface area contributed by atoms with E-state index in [2.05, 4.69) is 15.1 Å². The van der Waals surface area contributed by atoms with Gasteiger partial charge in [-0.05, 0) is 31.2 Å². The van der Waals surface area contributed by atoms with E-state index in [-0.39, 0.29) is 19.3 Å². The summed E-state index contributed by atoms with van der Waals surface area (Å²) < 4.78 is 16.2. The highest BCUT2D eigenvalue weighted by molar-refractivity contribution is 5.78. The number of carbonyl (C=O) groups excluding carboxylic acids is 1. The van der Waals surface area contributed by atoms with E-state index >= 15 is 0 Å². The third-order valence-corrected chi connectivity index (χ3v) is 4.45. The number of carbonyl (C=O) groups is 1. The number of hydrogen-bond acceptors (Lipinski definition) is 7. The summed E-state index contributed by atoms with van der Waals surface area (Å²) in [6, 6.07) is 9.20. The fourth-order valence-corrected chi connectivity index (χ4v) is 2.95. The molecule has 2 aliphatic heterocycles. The Balaban J connectivity index is 1.27. The van der Waals surface area contributed by atoms with Crippen LogP contribution in [0, 0.1) is 6.92 Å². The molecule has 0 bridgehead atoms. The maximum Gasteiger partial charge on any atom is 0.260 e. The number of rotatable bonds is 4. The number of ether oxygens (including phenoxy) is 3. The Bertz CT molecular complexity index is 788. The van der Waals surface area contributed by atoms with Crippen LogP contribution < -0.4 is 19.1 Å². The van der Waals surface area contributed by atoms with Crippen molar-refractivity contribution in [1.82, 2.24) is 15.1 Å². The lowest BCUT2D eigenvalue weighted by atomic mass is 10.3. The van der Waals surface area contributed by atoms with Crippen LogP contribution in [0.15, 0.2) is 30.3 Å². The van der Waals surface area contributed by atoms with Gasteiger partial charge < -0.3 is 24.0 Å². The molecule has 1 aromatic carbocycles. The Labute approximate surface area is 151 Å². The average Bonchev–Trinajstić information content (AvgIpc) is 3.15. The van der Waals surface area contributed by atoms with Crippen molar-refractivity contribution in [1.29, 1.82) is 0 Å². The summed E-state index contributed by atoms with van der Waals surface area (Å²) in [5, 5.41) is 8.29. The van der Waals surface area contributed by atoms with Gasteiger partial charge in [0.2, 0.25) is 6.79 Å². The molecular formula is C18H20N4O4. The first-order chi connectivity index (χ1) is 12.7. The molecule has 0 spiro atoms. The van der Waals surface area contributed by atoms with Gasteiger partial charge in [-0.25, -0.2) is 0 Å². The number of fused-ring (bicyclic) bond motifs is 1. The SMILES string of the molecule is Cc1ccc(N2CCN(C(=O)COc3ccc4c(c3)OCO4)CC2)nn1. The van der Waals surface area contributed by atoms with E-state index in [1.807, 2.05) is 24.0 Å². The Morgan fingerprint density at radius 2 is 1.88 bits per heavy atom. The molecule has 2 aliphatic rings. The maximum absolute atomic E-state index is 12.4. The molecule has 0 N–H and O–H groups in total. The lowest BCUT2D eigenvalue weighted by Gasteiger charge is -2.35. The predicted octanol–water partition coefficient (Wildman–Crippen LogP) is 1.24. The van der Waals surface area contributed by atoms with Gasteiger partial charge in [0.15, 0.2) is 23.9 Å². The van der Waals surface area contributed by atoms with Crippen molar-refractivity contribution in [3.63, 3.8) is 0 Å². The Morgan fingerprint density at radius 1 is 1.08 bits per heavy atom. The number of anilines is 1. The number of hydrogen-bond donors (Lipinski definition) is 0. The van der Waals surface area contributed by atoms with Gasteiger partial charge in [-0.2, -0.15) is 5.10 Å². The minimum absolute atomic E-state index is 0.00395. The summed E-state index contributed by atoms with van der Waals surface area (Å²) in [6.45, 7) is 4.86. The van der Waals surface area contributed by atoms with E-state index < -0.39 is 0 Å². The highest BCUT2D eigenvalue weighted by Crippen LogP contribution is 2.35. The van der Waals surface area contributed by atoms with Crippen LogP contribution >= 0.6 is 0 Å². The van der Waals surface area contributed by atoms with Crippen molar-refractivity contribution in [2.45, 2.75) is 6.92 Å². The fourth-order valence-electron chi connectivity index (χ4n) is 2.95. The number of aromatic nitrogens is 2. The molecule has 1 amide bonds. The molecule has 3 heterocycles. The zero-order valence-electron chi connectivity index (χ0n) is 14.6. The van der Waals surface area contributed by atoms with Gasteiger partial charge in [0, 0.05) is 32.2 Å². The van der Waals surface area contributed by atoms with Crippen molar-refractivity contribution in [3.8, 4) is 17.2 Å². The van der Waals surface area contributed by atoms with Crippen molar-refractivity contribution in [3.05, 3.63) is 36.0 Å². The molecule has 0 atom stereocenters. The highest BCUT2D eigenvalue weighted by Gasteiger charge is 2.22. The monoisotopic (exact) mass is 356 g/mol. The fraction of sp³-hybridized carbons (Fsp3) is 0.389. The predicted molar refractivity (Wildman–Crippen MR) is 93.6 cm³/mol. The molecule has 0 aliphatic carbocycles. The zero-order valence-corrected chi connectivity index (χ0v) is 14.6. The van der Waals surface area contributed by atoms with Crippen LogP contribution in [0.4, 0.5) is 5.82 Å². The first-order valence-corrected chi connectivity index (χ1v) is 8.54. The van der Waals surface area contributed by atoms with Gasteiger partial charge in [0.05, 0.1) is 5.69 Å². The largest absolute Gasteiger partial charge is 0.484 e. The van der Waals surface area contributed by atoms with E-state index in [4.69, 9.17) is 14.2 Å². The van der Waals surface area contributed by atoms with Crippen molar-refractivity contribution >= 4 is 11.7 Å². The standard InChI is InChI=1S/C18H20N4O4/c1-13-2-5-17(20-19-13)21-6-8-22(9-7-21)18(23)11-24-14-3-4-15-16(10-14)26-12-25-15/h2-5,10H,6-9,11-12H2,1H3. The first kappa shape index (κ1) is 16.4. The van der Waals surface area contributed by atoms with Crippen LogP contribution in [0.5, 0.6) is 17.2 Å². The van der Waals surface area contributed by atoms with Crippen LogP contribution in [0.25, 0.3) is 0 Å². The minimum Gasteiger partial charge on any atom is -0.484 e. The van der Waals surface area contributed by atoms with Gasteiger partial charge in [-0.3, -0.25) is 4.79 Å². The van der Waals surface area contributed by atoms with Gasteiger partial charge in [0.1, 0.15) is 5.75 Å². The molecule has 136 valence electrons. The highest BCUT2D eigenvalue weighted by atomic mass is 16.7.